The zero-order chi connectivity index (χ0) is 12.7. The molecule has 0 bridgehead atoms. The molecule has 17 heavy (non-hydrogen) atoms. The van der Waals surface area contributed by atoms with Crippen LogP contribution in [0.25, 0.3) is 11.2 Å². The molecule has 0 fully saturated rings. The van der Waals surface area contributed by atoms with Crippen molar-refractivity contribution in [2.75, 3.05) is 11.6 Å². The first-order valence-electron chi connectivity index (χ1n) is 5.43. The van der Waals surface area contributed by atoms with E-state index in [-0.39, 0.29) is 11.5 Å². The summed E-state index contributed by atoms with van der Waals surface area (Å²) in [6.45, 7) is 2.17. The monoisotopic (exact) mass is 257 g/mol. The van der Waals surface area contributed by atoms with Crippen LogP contribution >= 0.6 is 11.6 Å². The molecule has 2 heterocycles. The molecule has 0 saturated carbocycles. The number of unbranched alkanes of at least 4 members (excludes halogenated alkanes) is 2. The molecule has 0 spiro atoms. The van der Waals surface area contributed by atoms with Crippen LogP contribution in [0.1, 0.15) is 26.2 Å². The van der Waals surface area contributed by atoms with Gasteiger partial charge >= 0.3 is 0 Å². The number of aromatic nitrogens is 4. The lowest BCUT2D eigenvalue weighted by atomic mass is 10.3. The van der Waals surface area contributed by atoms with Gasteiger partial charge in [0, 0.05) is 5.88 Å². The largest absolute Gasteiger partial charge is 0.369 e. The Morgan fingerprint density at radius 1 is 1.47 bits per heavy atom. The summed E-state index contributed by atoms with van der Waals surface area (Å²) in [6, 6.07) is 0. The number of nitrogens with two attached hydrogens (primary N) is 1. The molecule has 0 aliphatic carbocycles. The van der Waals surface area contributed by atoms with Crippen LogP contribution in [0.5, 0.6) is 0 Å². The van der Waals surface area contributed by atoms with Crippen LogP contribution in [0, 0.1) is 0 Å². The Bertz CT molecular complexity index is 503. The molecular formula is C10H16ClN5O. The minimum absolute atomic E-state index is 0.0783. The van der Waals surface area contributed by atoms with E-state index >= 15 is 0 Å². The zero-order valence-electron chi connectivity index (χ0n) is 9.66. The molecule has 0 aliphatic rings. The Balaban J connectivity index is 0.000000209. The fourth-order valence-electron chi connectivity index (χ4n) is 1.20. The lowest BCUT2D eigenvalue weighted by Crippen LogP contribution is -2.10. The van der Waals surface area contributed by atoms with Gasteiger partial charge in [0.25, 0.3) is 5.56 Å². The van der Waals surface area contributed by atoms with Gasteiger partial charge in [0.05, 0.1) is 6.33 Å². The Morgan fingerprint density at radius 2 is 2.24 bits per heavy atom. The van der Waals surface area contributed by atoms with E-state index in [9.17, 15) is 4.79 Å². The van der Waals surface area contributed by atoms with E-state index in [1.165, 1.54) is 25.6 Å². The first kappa shape index (κ1) is 13.5. The number of hydrogen-bond donors (Lipinski definition) is 3. The van der Waals surface area contributed by atoms with E-state index in [0.717, 1.165) is 5.88 Å². The van der Waals surface area contributed by atoms with Crippen LogP contribution in [-0.2, 0) is 0 Å². The van der Waals surface area contributed by atoms with Gasteiger partial charge < -0.3 is 10.7 Å². The Labute approximate surface area is 104 Å². The van der Waals surface area contributed by atoms with Crippen molar-refractivity contribution in [1.29, 1.82) is 0 Å². The number of anilines is 1. The van der Waals surface area contributed by atoms with Crippen LogP contribution in [0.4, 0.5) is 5.95 Å². The molecule has 0 atom stereocenters. The molecule has 0 aromatic carbocycles. The third-order valence-electron chi connectivity index (χ3n) is 2.05. The summed E-state index contributed by atoms with van der Waals surface area (Å²) in [5, 5.41) is 0. The Kier molecular flexibility index (Phi) is 5.48. The van der Waals surface area contributed by atoms with Gasteiger partial charge in [-0.25, -0.2) is 4.98 Å². The first-order valence-corrected chi connectivity index (χ1v) is 5.97. The molecule has 0 aliphatic heterocycles. The van der Waals surface area contributed by atoms with Crippen molar-refractivity contribution in [2.45, 2.75) is 26.2 Å². The normalized spacial score (nSPS) is 10.0. The average Bonchev–Trinajstić information content (AvgIpc) is 2.75. The summed E-state index contributed by atoms with van der Waals surface area (Å²) in [6.07, 6.45) is 5.13. The van der Waals surface area contributed by atoms with E-state index < -0.39 is 0 Å². The van der Waals surface area contributed by atoms with Gasteiger partial charge in [-0.15, -0.1) is 11.6 Å². The maximum atomic E-state index is 11.0. The van der Waals surface area contributed by atoms with E-state index in [0.29, 0.717) is 11.2 Å². The molecule has 0 unspecified atom stereocenters. The lowest BCUT2D eigenvalue weighted by molar-refractivity contribution is 0.776. The topological polar surface area (TPSA) is 100 Å². The molecule has 0 saturated heterocycles. The second kappa shape index (κ2) is 6.90. The molecular weight excluding hydrogens is 242 g/mol. The van der Waals surface area contributed by atoms with Crippen molar-refractivity contribution in [3.63, 3.8) is 0 Å². The smallest absolute Gasteiger partial charge is 0.278 e. The fraction of sp³-hybridized carbons (Fsp3) is 0.500. The highest BCUT2D eigenvalue weighted by Gasteiger charge is 2.01. The number of rotatable bonds is 3. The van der Waals surface area contributed by atoms with E-state index in [2.05, 4.69) is 26.9 Å². The van der Waals surface area contributed by atoms with Gasteiger partial charge in [-0.2, -0.15) is 4.98 Å². The summed E-state index contributed by atoms with van der Waals surface area (Å²) in [5.74, 6) is 0.906. The van der Waals surface area contributed by atoms with Crippen LogP contribution in [-0.4, -0.2) is 25.8 Å². The van der Waals surface area contributed by atoms with E-state index in [1.54, 1.807) is 0 Å². The van der Waals surface area contributed by atoms with Crippen LogP contribution < -0.4 is 11.3 Å². The number of halogens is 1. The number of aromatic amines is 2. The standard InChI is InChI=1S/C5H11Cl.C5H5N5O/c1-2-3-4-5-6;6-5-9-3-2(4(11)10-5)7-1-8-3/h2-5H2,1H3;1H,(H4,6,7,8,9,10,11). The van der Waals surface area contributed by atoms with Gasteiger partial charge in [-0.1, -0.05) is 19.8 Å². The van der Waals surface area contributed by atoms with Crippen molar-refractivity contribution in [2.24, 2.45) is 0 Å². The zero-order valence-corrected chi connectivity index (χ0v) is 10.4. The summed E-state index contributed by atoms with van der Waals surface area (Å²) >= 11 is 5.38. The summed E-state index contributed by atoms with van der Waals surface area (Å²) in [5.41, 5.74) is 5.65. The third kappa shape index (κ3) is 4.07. The van der Waals surface area contributed by atoms with E-state index in [1.807, 2.05) is 0 Å². The molecule has 7 heteroatoms. The number of H-pyrrole nitrogens is 2. The van der Waals surface area contributed by atoms with Crippen LogP contribution in [0.3, 0.4) is 0 Å². The number of hydrogen-bond acceptors (Lipinski definition) is 4. The second-order valence-electron chi connectivity index (χ2n) is 3.45. The quantitative estimate of drug-likeness (QED) is 0.575. The SMILES string of the molecule is CCCCCCl.Nc1nc2nc[nH]c2c(=O)[nH]1. The highest BCUT2D eigenvalue weighted by molar-refractivity contribution is 6.17. The predicted octanol–water partition coefficient (Wildman–Crippen LogP) is 1.64. The van der Waals surface area contributed by atoms with Crippen molar-refractivity contribution in [3.8, 4) is 0 Å². The Hall–Kier alpha value is -1.56. The van der Waals surface area contributed by atoms with E-state index in [4.69, 9.17) is 17.3 Å². The Morgan fingerprint density at radius 3 is 2.82 bits per heavy atom. The number of fused-ring (bicyclic) bond motifs is 1. The summed E-state index contributed by atoms with van der Waals surface area (Å²) in [7, 11) is 0. The van der Waals surface area contributed by atoms with Gasteiger partial charge in [0.2, 0.25) is 5.95 Å². The molecule has 94 valence electrons. The molecule has 4 N–H and O–H groups in total. The molecule has 6 nitrogen and oxygen atoms in total. The number of nitrogens with zero attached hydrogens (tertiary/aromatic N) is 2. The maximum absolute atomic E-state index is 11.0. The second-order valence-corrected chi connectivity index (χ2v) is 3.83. The van der Waals surface area contributed by atoms with Crippen molar-refractivity contribution in [3.05, 3.63) is 16.7 Å². The minimum atomic E-state index is -0.301. The first-order chi connectivity index (χ1) is 8.19. The van der Waals surface area contributed by atoms with Crippen molar-refractivity contribution < 1.29 is 0 Å². The highest BCUT2D eigenvalue weighted by Crippen LogP contribution is 1.98. The average molecular weight is 258 g/mol. The molecule has 0 radical (unpaired) electrons. The third-order valence-corrected chi connectivity index (χ3v) is 2.32. The number of alkyl halides is 1. The van der Waals surface area contributed by atoms with Gasteiger partial charge in [-0.05, 0) is 6.42 Å². The number of nitrogen functional groups attached to an aromatic ring is 1. The van der Waals surface area contributed by atoms with Gasteiger partial charge in [0.15, 0.2) is 11.2 Å². The van der Waals surface area contributed by atoms with Crippen LogP contribution in [0.2, 0.25) is 0 Å². The summed E-state index contributed by atoms with van der Waals surface area (Å²) in [4.78, 5) is 23.5. The summed E-state index contributed by atoms with van der Waals surface area (Å²) < 4.78 is 0. The minimum Gasteiger partial charge on any atom is -0.369 e. The molecule has 2 rings (SSSR count). The maximum Gasteiger partial charge on any atom is 0.278 e. The molecule has 2 aromatic rings. The number of nitrogens with one attached hydrogen (secondary N) is 2. The predicted molar refractivity (Wildman–Crippen MR) is 69.2 cm³/mol. The van der Waals surface area contributed by atoms with Gasteiger partial charge in [-0.3, -0.25) is 9.78 Å². The molecule has 0 amide bonds. The van der Waals surface area contributed by atoms with Gasteiger partial charge in [0.1, 0.15) is 0 Å². The number of imidazole rings is 1. The fourth-order valence-corrected chi connectivity index (χ4v) is 1.39. The van der Waals surface area contributed by atoms with Crippen molar-refractivity contribution in [1.82, 2.24) is 19.9 Å². The molecule has 2 aromatic heterocycles. The van der Waals surface area contributed by atoms with Crippen molar-refractivity contribution >= 4 is 28.7 Å². The highest BCUT2D eigenvalue weighted by atomic mass is 35.5. The lowest BCUT2D eigenvalue weighted by Gasteiger charge is -1.89. The van der Waals surface area contributed by atoms with Crippen LogP contribution in [0.15, 0.2) is 11.1 Å².